The van der Waals surface area contributed by atoms with Crippen LogP contribution >= 0.6 is 0 Å². The number of imide groups is 2. The number of aromatic nitrogens is 1. The zero-order chi connectivity index (χ0) is 45.0. The molecular weight excluding hydrogens is 831 g/mol. The van der Waals surface area contributed by atoms with E-state index in [1.54, 1.807) is 68.6 Å². The molecule has 2 N–H and O–H groups in total. The minimum absolute atomic E-state index is 0.226. The van der Waals surface area contributed by atoms with E-state index in [2.05, 4.69) is 15.6 Å². The number of carbonyl (C=O) groups is 8. The van der Waals surface area contributed by atoms with Gasteiger partial charge in [0.15, 0.2) is 5.76 Å². The number of hydrogen-bond acceptors (Lipinski definition) is 10. The summed E-state index contributed by atoms with van der Waals surface area (Å²) in [6.07, 6.45) is 9.49. The molecule has 3 aromatic rings. The number of benzene rings is 2. The monoisotopic (exact) mass is 883 g/mol. The van der Waals surface area contributed by atoms with Gasteiger partial charge in [-0.25, -0.2) is 4.98 Å². The topological polar surface area (TPSA) is 200 Å². The maximum Gasteiger partial charge on any atom is 0.247 e. The lowest BCUT2D eigenvalue weighted by atomic mass is 9.81. The lowest BCUT2D eigenvalue weighted by Crippen LogP contribution is -2.53. The molecule has 0 spiro atoms. The highest BCUT2D eigenvalue weighted by atomic mass is 16.4. The molecule has 65 heavy (non-hydrogen) atoms. The summed E-state index contributed by atoms with van der Waals surface area (Å²) in [4.78, 5) is 118. The normalized spacial score (nSPS) is 31.8. The molecule has 16 nitrogen and oxygen atoms in total. The van der Waals surface area contributed by atoms with Gasteiger partial charge in [-0.3, -0.25) is 48.2 Å². The van der Waals surface area contributed by atoms with Crippen LogP contribution in [0, 0.1) is 47.3 Å². The van der Waals surface area contributed by atoms with E-state index in [9.17, 15) is 38.4 Å². The van der Waals surface area contributed by atoms with E-state index >= 15 is 0 Å². The minimum atomic E-state index is -0.960. The summed E-state index contributed by atoms with van der Waals surface area (Å²) < 4.78 is 6.10. The third kappa shape index (κ3) is 6.63. The van der Waals surface area contributed by atoms with E-state index in [0.29, 0.717) is 72.9 Å². The number of hydrogen-bond donors (Lipinski definition) is 2. The van der Waals surface area contributed by atoms with Gasteiger partial charge >= 0.3 is 0 Å². The van der Waals surface area contributed by atoms with Gasteiger partial charge in [-0.1, -0.05) is 0 Å². The van der Waals surface area contributed by atoms with Crippen molar-refractivity contribution in [2.24, 2.45) is 47.3 Å². The second-order valence-corrected chi connectivity index (χ2v) is 19.8. The average Bonchev–Trinajstić information content (AvgIpc) is 4.16. The Labute approximate surface area is 375 Å². The Morgan fingerprint density at radius 1 is 0.569 bits per heavy atom. The van der Waals surface area contributed by atoms with Crippen molar-refractivity contribution in [1.82, 2.24) is 24.6 Å². The highest BCUT2D eigenvalue weighted by Gasteiger charge is 2.64. The summed E-state index contributed by atoms with van der Waals surface area (Å²) >= 11 is 0. The molecule has 8 fully saturated rings. The molecule has 12 atom stereocenters. The molecule has 5 heterocycles. The first kappa shape index (κ1) is 41.5. The Morgan fingerprint density at radius 3 is 1.35 bits per heavy atom. The highest BCUT2D eigenvalue weighted by Crippen LogP contribution is 2.57. The second kappa shape index (κ2) is 15.8. The molecule has 4 bridgehead atoms. The Hall–Kier alpha value is -6.19. The Morgan fingerprint density at radius 2 is 0.954 bits per heavy atom. The van der Waals surface area contributed by atoms with Gasteiger partial charge in [-0.15, -0.1) is 0 Å². The van der Waals surface area contributed by atoms with Crippen molar-refractivity contribution in [3.8, 4) is 22.8 Å². The third-order valence-electron chi connectivity index (χ3n) is 16.4. The molecule has 11 rings (SSSR count). The fourth-order valence-corrected chi connectivity index (χ4v) is 13.3. The molecule has 4 saturated heterocycles. The largest absolute Gasteiger partial charge is 0.436 e. The number of nitrogens with zero attached hydrogens (tertiary/aromatic N) is 5. The maximum absolute atomic E-state index is 13.8. The summed E-state index contributed by atoms with van der Waals surface area (Å²) in [5, 5.41) is 5.85. The molecule has 4 saturated carbocycles. The van der Waals surface area contributed by atoms with E-state index in [1.165, 1.54) is 19.6 Å². The molecule has 1 aromatic heterocycles. The predicted molar refractivity (Wildman–Crippen MR) is 232 cm³/mol. The molecule has 4 aliphatic heterocycles. The quantitative estimate of drug-likeness (QED) is 0.269. The van der Waals surface area contributed by atoms with Crippen molar-refractivity contribution in [3.05, 3.63) is 54.7 Å². The standard InChI is InChI=1S/C49H53N7O9/c1-24(55-46(61)37-28-7-8-29(21-28)38(37)47(55)62)44(59)53-19-3-5-34(53)41(57)51-32-15-11-26(12-16-32)36-23-50-43(65-36)27-13-17-33(18-14-27)52-42(58)35-6-4-20-54(35)45(60)25(2)56-48(63)39-30-9-10-31(22-30)40(39)49(56)64/h11-18,23-25,28-31,34-35,37-40H,3-10,19-22H2,1-2H3,(H,51,57)(H,52,58)/t24?,25?,28?,29?,30?,31?,34-,35-,37?,38?,39?,40?/m0/s1. The van der Waals surface area contributed by atoms with Crippen LogP contribution in [0.5, 0.6) is 0 Å². The van der Waals surface area contributed by atoms with Crippen LogP contribution in [0.2, 0.25) is 0 Å². The van der Waals surface area contributed by atoms with Gasteiger partial charge in [0, 0.05) is 35.6 Å². The van der Waals surface area contributed by atoms with Gasteiger partial charge in [0.1, 0.15) is 24.2 Å². The van der Waals surface area contributed by atoms with Crippen LogP contribution in [0.4, 0.5) is 11.4 Å². The summed E-state index contributed by atoms with van der Waals surface area (Å²) in [6, 6.07) is 10.7. The highest BCUT2D eigenvalue weighted by molar-refractivity contribution is 6.10. The molecule has 8 amide bonds. The summed E-state index contributed by atoms with van der Waals surface area (Å²) in [5.41, 5.74) is 2.44. The lowest BCUT2D eigenvalue weighted by molar-refractivity contribution is -0.152. The summed E-state index contributed by atoms with van der Waals surface area (Å²) in [5.74, 6) is -1.83. The average molecular weight is 884 g/mol. The van der Waals surface area contributed by atoms with Crippen molar-refractivity contribution in [2.75, 3.05) is 23.7 Å². The zero-order valence-electron chi connectivity index (χ0n) is 36.5. The Kier molecular flexibility index (Phi) is 10.1. The first-order valence-corrected chi connectivity index (χ1v) is 23.5. The van der Waals surface area contributed by atoms with Crippen LogP contribution in [0.15, 0.2) is 59.1 Å². The van der Waals surface area contributed by atoms with Gasteiger partial charge < -0.3 is 24.9 Å². The first-order valence-electron chi connectivity index (χ1n) is 23.5. The summed E-state index contributed by atoms with van der Waals surface area (Å²) in [6.45, 7) is 3.95. The van der Waals surface area contributed by atoms with Gasteiger partial charge in [-0.05, 0) is 150 Å². The van der Waals surface area contributed by atoms with Gasteiger partial charge in [0.05, 0.1) is 29.9 Å². The van der Waals surface area contributed by atoms with Crippen molar-refractivity contribution in [3.63, 3.8) is 0 Å². The van der Waals surface area contributed by atoms with Crippen LogP contribution in [0.25, 0.3) is 22.8 Å². The Bertz CT molecular complexity index is 2300. The SMILES string of the molecule is CC(C(=O)N1CCC[C@H]1C(=O)Nc1ccc(-c2cnc(-c3ccc(NC(=O)[C@@H]4CCCN4C(=O)C(C)N4C(=O)C5C6CCC(C6)C5C4=O)cc3)o2)cc1)N1C(=O)C2C3CCC(C3)C2C1=O. The van der Waals surface area contributed by atoms with Crippen molar-refractivity contribution in [1.29, 1.82) is 0 Å². The number of fused-ring (bicyclic) bond motifs is 10. The second-order valence-electron chi connectivity index (χ2n) is 19.8. The third-order valence-corrected chi connectivity index (χ3v) is 16.4. The van der Waals surface area contributed by atoms with Crippen LogP contribution < -0.4 is 10.6 Å². The summed E-state index contributed by atoms with van der Waals surface area (Å²) in [7, 11) is 0. The van der Waals surface area contributed by atoms with Crippen LogP contribution in [0.1, 0.15) is 78.1 Å². The molecule has 338 valence electrons. The first-order chi connectivity index (χ1) is 31.4. The Balaban J connectivity index is 0.683. The van der Waals surface area contributed by atoms with Crippen LogP contribution in [-0.2, 0) is 38.4 Å². The fraction of sp³-hybridized carbons (Fsp3) is 0.531. The molecule has 0 radical (unpaired) electrons. The molecular formula is C49H53N7O9. The lowest BCUT2D eigenvalue weighted by Gasteiger charge is -2.30. The van der Waals surface area contributed by atoms with Gasteiger partial charge in [-0.2, -0.15) is 0 Å². The van der Waals surface area contributed by atoms with E-state index in [4.69, 9.17) is 4.42 Å². The van der Waals surface area contributed by atoms with Crippen LogP contribution in [0.3, 0.4) is 0 Å². The molecule has 8 aliphatic rings. The van der Waals surface area contributed by atoms with Crippen molar-refractivity contribution >= 4 is 58.6 Å². The molecule has 4 aliphatic carbocycles. The number of carbonyl (C=O) groups excluding carboxylic acids is 8. The number of rotatable bonds is 10. The van der Waals surface area contributed by atoms with Crippen LogP contribution in [-0.4, -0.2) is 109 Å². The number of nitrogens with one attached hydrogen (secondary N) is 2. The van der Waals surface area contributed by atoms with Crippen molar-refractivity contribution < 1.29 is 42.8 Å². The predicted octanol–water partition coefficient (Wildman–Crippen LogP) is 4.71. The van der Waals surface area contributed by atoms with E-state index in [1.807, 2.05) is 0 Å². The van der Waals surface area contributed by atoms with Gasteiger partial charge in [0.25, 0.3) is 0 Å². The minimum Gasteiger partial charge on any atom is -0.436 e. The number of likely N-dealkylation sites (tertiary alicyclic amines) is 4. The van der Waals surface area contributed by atoms with E-state index < -0.39 is 24.2 Å². The van der Waals surface area contributed by atoms with E-state index in [-0.39, 0.29) is 94.6 Å². The van der Waals surface area contributed by atoms with Crippen molar-refractivity contribution in [2.45, 2.75) is 102 Å². The molecule has 16 heteroatoms. The van der Waals surface area contributed by atoms with Gasteiger partial charge in [0.2, 0.25) is 53.1 Å². The zero-order valence-corrected chi connectivity index (χ0v) is 36.5. The molecule has 2 aromatic carbocycles. The number of anilines is 2. The molecule has 10 unspecified atom stereocenters. The maximum atomic E-state index is 13.8. The fourth-order valence-electron chi connectivity index (χ4n) is 13.3. The number of oxazole rings is 1. The smallest absolute Gasteiger partial charge is 0.247 e. The van der Waals surface area contributed by atoms with E-state index in [0.717, 1.165) is 38.5 Å². The number of amides is 8.